The highest BCUT2D eigenvalue weighted by Gasteiger charge is 2.32. The molecule has 0 radical (unpaired) electrons. The van der Waals surface area contributed by atoms with E-state index in [1.54, 1.807) is 0 Å². The lowest BCUT2D eigenvalue weighted by Gasteiger charge is -2.06. The van der Waals surface area contributed by atoms with Gasteiger partial charge in [0.1, 0.15) is 12.3 Å². The molecule has 0 bridgehead atoms. The smallest absolute Gasteiger partial charge is 0.118 e. The zero-order valence-electron chi connectivity index (χ0n) is 4.48. The van der Waals surface area contributed by atoms with E-state index in [0.29, 0.717) is 12.8 Å². The van der Waals surface area contributed by atoms with Crippen molar-refractivity contribution in [3.05, 3.63) is 0 Å². The van der Waals surface area contributed by atoms with Crippen molar-refractivity contribution < 1.29 is 8.78 Å². The van der Waals surface area contributed by atoms with Crippen molar-refractivity contribution >= 4 is 0 Å². The Kier molecular flexibility index (Phi) is 1.47. The molecule has 0 spiro atoms. The standard InChI is InChI=1S/C5H9F2N/c6-3-1-2-4(7)5(3)8/h3-5H,1-2,8H2. The number of alkyl halides is 2. The average Bonchev–Trinajstić information content (AvgIpc) is 1.98. The van der Waals surface area contributed by atoms with E-state index >= 15 is 0 Å². The Bertz CT molecular complexity index is 76.5. The minimum absolute atomic E-state index is 0.294. The molecule has 0 aromatic heterocycles. The van der Waals surface area contributed by atoms with Crippen molar-refractivity contribution in [2.75, 3.05) is 0 Å². The molecule has 0 amide bonds. The van der Waals surface area contributed by atoms with Gasteiger partial charge in [-0.05, 0) is 12.8 Å². The molecule has 0 aromatic rings. The highest BCUT2D eigenvalue weighted by molar-refractivity contribution is 4.87. The summed E-state index contributed by atoms with van der Waals surface area (Å²) in [4.78, 5) is 0. The molecule has 2 N–H and O–H groups in total. The van der Waals surface area contributed by atoms with Gasteiger partial charge < -0.3 is 5.73 Å². The predicted molar refractivity (Wildman–Crippen MR) is 27.0 cm³/mol. The van der Waals surface area contributed by atoms with Crippen molar-refractivity contribution in [2.45, 2.75) is 31.2 Å². The fourth-order valence-corrected chi connectivity index (χ4v) is 0.930. The fourth-order valence-electron chi connectivity index (χ4n) is 0.930. The van der Waals surface area contributed by atoms with Crippen LogP contribution in [-0.4, -0.2) is 18.4 Å². The molecule has 8 heavy (non-hydrogen) atoms. The van der Waals surface area contributed by atoms with E-state index in [1.165, 1.54) is 0 Å². The molecule has 0 aromatic carbocycles. The average molecular weight is 121 g/mol. The van der Waals surface area contributed by atoms with Gasteiger partial charge in [0.05, 0.1) is 6.04 Å². The normalized spacial score (nSPS) is 47.6. The first kappa shape index (κ1) is 5.95. The van der Waals surface area contributed by atoms with Crippen LogP contribution in [0.3, 0.4) is 0 Å². The van der Waals surface area contributed by atoms with Gasteiger partial charge in [-0.15, -0.1) is 0 Å². The second-order valence-corrected chi connectivity index (χ2v) is 2.19. The van der Waals surface area contributed by atoms with Gasteiger partial charge in [-0.3, -0.25) is 0 Å². The van der Waals surface area contributed by atoms with Gasteiger partial charge in [-0.2, -0.15) is 0 Å². The predicted octanol–water partition coefficient (Wildman–Crippen LogP) is 0.784. The molecule has 1 rings (SSSR count). The maximum absolute atomic E-state index is 12.2. The third-order valence-corrected chi connectivity index (χ3v) is 1.55. The van der Waals surface area contributed by atoms with Crippen LogP contribution in [0.15, 0.2) is 0 Å². The minimum atomic E-state index is -1.11. The largest absolute Gasteiger partial charge is 0.323 e. The summed E-state index contributed by atoms with van der Waals surface area (Å²) in [5, 5.41) is 0. The van der Waals surface area contributed by atoms with Gasteiger partial charge in [-0.25, -0.2) is 8.78 Å². The minimum Gasteiger partial charge on any atom is -0.323 e. The van der Waals surface area contributed by atoms with Crippen molar-refractivity contribution in [1.29, 1.82) is 0 Å². The number of nitrogens with two attached hydrogens (primary N) is 1. The highest BCUT2D eigenvalue weighted by atomic mass is 19.1. The Balaban J connectivity index is 2.44. The van der Waals surface area contributed by atoms with E-state index in [-0.39, 0.29) is 0 Å². The Morgan fingerprint density at radius 3 is 1.62 bits per heavy atom. The molecule has 1 aliphatic rings. The maximum Gasteiger partial charge on any atom is 0.118 e. The third-order valence-electron chi connectivity index (χ3n) is 1.55. The molecule has 0 saturated heterocycles. The van der Waals surface area contributed by atoms with E-state index < -0.39 is 18.4 Å². The van der Waals surface area contributed by atoms with Gasteiger partial charge >= 0.3 is 0 Å². The van der Waals surface area contributed by atoms with Crippen LogP contribution in [0.5, 0.6) is 0 Å². The van der Waals surface area contributed by atoms with Crippen LogP contribution >= 0.6 is 0 Å². The first-order valence-electron chi connectivity index (χ1n) is 2.75. The van der Waals surface area contributed by atoms with E-state index in [9.17, 15) is 8.78 Å². The lowest BCUT2D eigenvalue weighted by molar-refractivity contribution is 0.251. The topological polar surface area (TPSA) is 26.0 Å². The summed E-state index contributed by atoms with van der Waals surface area (Å²) in [6, 6.07) is -0.852. The van der Waals surface area contributed by atoms with Crippen LogP contribution in [0, 0.1) is 0 Å². The molecule has 1 fully saturated rings. The van der Waals surface area contributed by atoms with Crippen LogP contribution in [-0.2, 0) is 0 Å². The molecule has 1 aliphatic carbocycles. The SMILES string of the molecule is NC1C(F)CCC1F. The van der Waals surface area contributed by atoms with E-state index in [1.807, 2.05) is 0 Å². The summed E-state index contributed by atoms with van der Waals surface area (Å²) in [6.45, 7) is 0. The molecule has 0 aliphatic heterocycles. The monoisotopic (exact) mass is 121 g/mol. The highest BCUT2D eigenvalue weighted by Crippen LogP contribution is 2.23. The fraction of sp³-hybridized carbons (Fsp3) is 1.00. The van der Waals surface area contributed by atoms with Crippen molar-refractivity contribution in [3.8, 4) is 0 Å². The molecule has 0 heterocycles. The molecule has 2 atom stereocenters. The molecule has 3 heteroatoms. The van der Waals surface area contributed by atoms with Crippen molar-refractivity contribution in [1.82, 2.24) is 0 Å². The Morgan fingerprint density at radius 1 is 1.12 bits per heavy atom. The summed E-state index contributed by atoms with van der Waals surface area (Å²) < 4.78 is 24.4. The lowest BCUT2D eigenvalue weighted by Crippen LogP contribution is -2.33. The van der Waals surface area contributed by atoms with Crippen molar-refractivity contribution in [3.63, 3.8) is 0 Å². The van der Waals surface area contributed by atoms with Gasteiger partial charge in [0.15, 0.2) is 0 Å². The van der Waals surface area contributed by atoms with E-state index in [0.717, 1.165) is 0 Å². The summed E-state index contributed by atoms with van der Waals surface area (Å²) in [5.74, 6) is 0. The second-order valence-electron chi connectivity index (χ2n) is 2.19. The van der Waals surface area contributed by atoms with E-state index in [4.69, 9.17) is 5.73 Å². The molecular weight excluding hydrogens is 112 g/mol. The van der Waals surface area contributed by atoms with Crippen LogP contribution in [0.25, 0.3) is 0 Å². The van der Waals surface area contributed by atoms with Crippen LogP contribution in [0.4, 0.5) is 8.78 Å². The third kappa shape index (κ3) is 0.823. The molecule has 1 nitrogen and oxygen atoms in total. The zero-order chi connectivity index (χ0) is 6.15. The first-order chi connectivity index (χ1) is 3.72. The lowest BCUT2D eigenvalue weighted by atomic mass is 10.2. The van der Waals surface area contributed by atoms with E-state index in [2.05, 4.69) is 0 Å². The number of rotatable bonds is 0. The summed E-state index contributed by atoms with van der Waals surface area (Å²) in [6.07, 6.45) is -1.63. The Labute approximate surface area is 46.9 Å². The molecule has 2 unspecified atom stereocenters. The van der Waals surface area contributed by atoms with Crippen molar-refractivity contribution in [2.24, 2.45) is 5.73 Å². The second kappa shape index (κ2) is 1.97. The Morgan fingerprint density at radius 2 is 1.50 bits per heavy atom. The van der Waals surface area contributed by atoms with Crippen LogP contribution in [0.2, 0.25) is 0 Å². The maximum atomic E-state index is 12.2. The summed E-state index contributed by atoms with van der Waals surface area (Å²) in [7, 11) is 0. The summed E-state index contributed by atoms with van der Waals surface area (Å²) >= 11 is 0. The quantitative estimate of drug-likeness (QED) is 0.503. The number of hydrogen-bond acceptors (Lipinski definition) is 1. The Hall–Kier alpha value is -0.180. The van der Waals surface area contributed by atoms with Gasteiger partial charge in [-0.1, -0.05) is 0 Å². The van der Waals surface area contributed by atoms with Gasteiger partial charge in [0.2, 0.25) is 0 Å². The number of hydrogen-bond donors (Lipinski definition) is 1. The van der Waals surface area contributed by atoms with Gasteiger partial charge in [0.25, 0.3) is 0 Å². The summed E-state index contributed by atoms with van der Waals surface area (Å²) in [5.41, 5.74) is 5.07. The molecule has 1 saturated carbocycles. The zero-order valence-corrected chi connectivity index (χ0v) is 4.48. The molecule has 48 valence electrons. The van der Waals surface area contributed by atoms with Crippen LogP contribution in [0.1, 0.15) is 12.8 Å². The number of halogens is 2. The van der Waals surface area contributed by atoms with Gasteiger partial charge in [0, 0.05) is 0 Å². The van der Waals surface area contributed by atoms with Crippen LogP contribution < -0.4 is 5.73 Å². The molecular formula is C5H9F2N. The first-order valence-corrected chi connectivity index (χ1v) is 2.75.